The Morgan fingerprint density at radius 1 is 1.21 bits per heavy atom. The molecular formula is C22H24F2N2O2. The van der Waals surface area contributed by atoms with E-state index in [9.17, 15) is 13.9 Å². The Morgan fingerprint density at radius 3 is 2.68 bits per heavy atom. The van der Waals surface area contributed by atoms with Crippen LogP contribution in [0.1, 0.15) is 30.9 Å². The Hall–Kier alpha value is -2.73. The van der Waals surface area contributed by atoms with Gasteiger partial charge in [0, 0.05) is 24.4 Å². The molecule has 1 heterocycles. The van der Waals surface area contributed by atoms with E-state index < -0.39 is 17.8 Å². The molecule has 4 nitrogen and oxygen atoms in total. The maximum absolute atomic E-state index is 14.6. The Balaban J connectivity index is 1.87. The van der Waals surface area contributed by atoms with Crippen molar-refractivity contribution in [2.24, 2.45) is 0 Å². The van der Waals surface area contributed by atoms with Crippen molar-refractivity contribution in [2.75, 3.05) is 0 Å². The molecule has 0 bridgehead atoms. The van der Waals surface area contributed by atoms with Gasteiger partial charge in [0.25, 0.3) is 0 Å². The molecule has 0 saturated heterocycles. The first-order valence-electron chi connectivity index (χ1n) is 9.33. The second kappa shape index (κ2) is 8.97. The SMILES string of the molecule is CCCC(O)(Cn1ccnc1)c1cc(F)ccc1OC(F)Cc1ccccc1. The van der Waals surface area contributed by atoms with Crippen molar-refractivity contribution in [3.63, 3.8) is 0 Å². The monoisotopic (exact) mass is 386 g/mol. The van der Waals surface area contributed by atoms with Gasteiger partial charge in [0.2, 0.25) is 6.36 Å². The summed E-state index contributed by atoms with van der Waals surface area (Å²) in [5.74, 6) is -0.373. The van der Waals surface area contributed by atoms with Crippen LogP contribution in [-0.4, -0.2) is 21.0 Å². The van der Waals surface area contributed by atoms with E-state index in [2.05, 4.69) is 4.98 Å². The van der Waals surface area contributed by atoms with Crippen molar-refractivity contribution in [3.8, 4) is 5.75 Å². The van der Waals surface area contributed by atoms with E-state index >= 15 is 0 Å². The van der Waals surface area contributed by atoms with Crippen molar-refractivity contribution in [1.29, 1.82) is 0 Å². The zero-order valence-corrected chi connectivity index (χ0v) is 15.8. The molecule has 0 spiro atoms. The summed E-state index contributed by atoms with van der Waals surface area (Å²) < 4.78 is 35.8. The summed E-state index contributed by atoms with van der Waals surface area (Å²) in [5.41, 5.74) is -0.390. The van der Waals surface area contributed by atoms with E-state index in [4.69, 9.17) is 4.74 Å². The number of benzene rings is 2. The van der Waals surface area contributed by atoms with Gasteiger partial charge in [0.1, 0.15) is 17.2 Å². The lowest BCUT2D eigenvalue weighted by Crippen LogP contribution is -2.32. The van der Waals surface area contributed by atoms with Crippen molar-refractivity contribution in [1.82, 2.24) is 9.55 Å². The number of hydrogen-bond acceptors (Lipinski definition) is 3. The first-order valence-corrected chi connectivity index (χ1v) is 9.33. The van der Waals surface area contributed by atoms with Gasteiger partial charge in [-0.2, -0.15) is 0 Å². The minimum Gasteiger partial charge on any atom is -0.460 e. The predicted octanol–water partition coefficient (Wildman–Crippen LogP) is 4.63. The summed E-state index contributed by atoms with van der Waals surface area (Å²) in [6, 6.07) is 12.9. The van der Waals surface area contributed by atoms with E-state index in [1.165, 1.54) is 18.2 Å². The van der Waals surface area contributed by atoms with Crippen LogP contribution in [0.4, 0.5) is 8.78 Å². The molecule has 0 aliphatic rings. The summed E-state index contributed by atoms with van der Waals surface area (Å²) in [5, 5.41) is 11.3. The predicted molar refractivity (Wildman–Crippen MR) is 103 cm³/mol. The summed E-state index contributed by atoms with van der Waals surface area (Å²) in [7, 11) is 0. The number of hydrogen-bond donors (Lipinski definition) is 1. The van der Waals surface area contributed by atoms with Gasteiger partial charge in [-0.15, -0.1) is 0 Å². The molecule has 6 heteroatoms. The fraction of sp³-hybridized carbons (Fsp3) is 0.318. The van der Waals surface area contributed by atoms with Crippen LogP contribution in [-0.2, 0) is 18.6 Å². The van der Waals surface area contributed by atoms with E-state index in [0.717, 1.165) is 5.56 Å². The number of nitrogens with zero attached hydrogens (tertiary/aromatic N) is 2. The largest absolute Gasteiger partial charge is 0.460 e. The molecular weight excluding hydrogens is 362 g/mol. The molecule has 0 aliphatic carbocycles. The van der Waals surface area contributed by atoms with Crippen LogP contribution in [0.5, 0.6) is 5.75 Å². The summed E-state index contributed by atoms with van der Waals surface area (Å²) in [6.07, 6.45) is 4.36. The zero-order chi connectivity index (χ0) is 20.0. The number of ether oxygens (including phenoxy) is 1. The lowest BCUT2D eigenvalue weighted by atomic mass is 9.88. The quantitative estimate of drug-likeness (QED) is 0.583. The molecule has 0 aliphatic heterocycles. The number of halogens is 2. The van der Waals surface area contributed by atoms with E-state index in [1.807, 2.05) is 37.3 Å². The number of imidazole rings is 1. The van der Waals surface area contributed by atoms with Gasteiger partial charge < -0.3 is 14.4 Å². The summed E-state index contributed by atoms with van der Waals surface area (Å²) in [4.78, 5) is 3.98. The fourth-order valence-electron chi connectivity index (χ4n) is 3.34. The van der Waals surface area contributed by atoms with Crippen LogP contribution in [0, 0.1) is 5.82 Å². The van der Waals surface area contributed by atoms with Crippen molar-refractivity contribution < 1.29 is 18.6 Å². The molecule has 148 valence electrons. The van der Waals surface area contributed by atoms with E-state index in [1.54, 1.807) is 23.3 Å². The van der Waals surface area contributed by atoms with Gasteiger partial charge in [0.05, 0.1) is 12.9 Å². The van der Waals surface area contributed by atoms with Crippen LogP contribution < -0.4 is 4.74 Å². The summed E-state index contributed by atoms with van der Waals surface area (Å²) in [6.45, 7) is 2.09. The minimum atomic E-state index is -1.62. The minimum absolute atomic E-state index is 0.0609. The average Bonchev–Trinajstić information content (AvgIpc) is 3.17. The van der Waals surface area contributed by atoms with Crippen molar-refractivity contribution in [2.45, 2.75) is 44.7 Å². The van der Waals surface area contributed by atoms with Gasteiger partial charge in [-0.1, -0.05) is 43.7 Å². The standard InChI is InChI=1S/C22H24F2N2O2/c1-2-10-22(27,15-26-12-11-25-16-26)19-14-18(23)8-9-20(19)28-21(24)13-17-6-4-3-5-7-17/h3-9,11-12,14,16,21,27H,2,10,13,15H2,1H3. The third-order valence-electron chi connectivity index (χ3n) is 4.60. The Labute approximate surface area is 163 Å². The van der Waals surface area contributed by atoms with Crippen molar-refractivity contribution in [3.05, 3.63) is 84.2 Å². The third-order valence-corrected chi connectivity index (χ3v) is 4.60. The van der Waals surface area contributed by atoms with Crippen LogP contribution in [0.3, 0.4) is 0 Å². The molecule has 0 saturated carbocycles. The van der Waals surface area contributed by atoms with E-state index in [0.29, 0.717) is 12.8 Å². The lowest BCUT2D eigenvalue weighted by Gasteiger charge is -2.31. The molecule has 0 fully saturated rings. The smallest absolute Gasteiger partial charge is 0.242 e. The van der Waals surface area contributed by atoms with Gasteiger partial charge in [-0.3, -0.25) is 0 Å². The highest BCUT2D eigenvalue weighted by molar-refractivity contribution is 5.39. The van der Waals surface area contributed by atoms with Gasteiger partial charge in [-0.25, -0.2) is 13.8 Å². The number of alkyl halides is 1. The Kier molecular flexibility index (Phi) is 6.41. The van der Waals surface area contributed by atoms with Crippen molar-refractivity contribution >= 4 is 0 Å². The molecule has 0 radical (unpaired) electrons. The highest BCUT2D eigenvalue weighted by Crippen LogP contribution is 2.36. The lowest BCUT2D eigenvalue weighted by molar-refractivity contribution is -0.0000702. The molecule has 2 aromatic carbocycles. The van der Waals surface area contributed by atoms with Crippen LogP contribution in [0.2, 0.25) is 0 Å². The zero-order valence-electron chi connectivity index (χ0n) is 15.8. The van der Waals surface area contributed by atoms with Gasteiger partial charge >= 0.3 is 0 Å². The molecule has 3 rings (SSSR count). The molecule has 3 aromatic rings. The molecule has 1 N–H and O–H groups in total. The van der Waals surface area contributed by atoms with Crippen LogP contribution in [0.15, 0.2) is 67.3 Å². The second-order valence-corrected chi connectivity index (χ2v) is 6.87. The Bertz CT molecular complexity index is 872. The Morgan fingerprint density at radius 2 is 2.00 bits per heavy atom. The summed E-state index contributed by atoms with van der Waals surface area (Å²) >= 11 is 0. The van der Waals surface area contributed by atoms with Gasteiger partial charge in [0.15, 0.2) is 0 Å². The second-order valence-electron chi connectivity index (χ2n) is 6.87. The molecule has 2 unspecified atom stereocenters. The topological polar surface area (TPSA) is 47.3 Å². The maximum Gasteiger partial charge on any atom is 0.242 e. The average molecular weight is 386 g/mol. The highest BCUT2D eigenvalue weighted by atomic mass is 19.1. The normalized spacial score (nSPS) is 14.4. The molecule has 28 heavy (non-hydrogen) atoms. The highest BCUT2D eigenvalue weighted by Gasteiger charge is 2.33. The molecule has 0 amide bonds. The van der Waals surface area contributed by atoms with E-state index in [-0.39, 0.29) is 24.3 Å². The van der Waals surface area contributed by atoms with Gasteiger partial charge in [-0.05, 0) is 30.2 Å². The number of aromatic nitrogens is 2. The molecule has 2 atom stereocenters. The molecule has 1 aromatic heterocycles. The third kappa shape index (κ3) is 4.95. The number of aliphatic hydroxyl groups is 1. The van der Waals surface area contributed by atoms with Crippen LogP contribution >= 0.6 is 0 Å². The first kappa shape index (κ1) is 20.0. The first-order chi connectivity index (χ1) is 13.5. The maximum atomic E-state index is 14.6. The van der Waals surface area contributed by atoms with Crippen LogP contribution in [0.25, 0.3) is 0 Å². The number of rotatable bonds is 9. The fourth-order valence-corrected chi connectivity index (χ4v) is 3.34.